The topological polar surface area (TPSA) is 34.0 Å². The highest BCUT2D eigenvalue weighted by molar-refractivity contribution is 5.78. The average molecular weight is 286 g/mol. The van der Waals surface area contributed by atoms with Crippen molar-refractivity contribution in [3.05, 3.63) is 46.8 Å². The predicted octanol–water partition coefficient (Wildman–Crippen LogP) is 3.42. The molecule has 0 saturated heterocycles. The van der Waals surface area contributed by atoms with Gasteiger partial charge in [-0.3, -0.25) is 4.79 Å². The van der Waals surface area contributed by atoms with Crippen LogP contribution in [0.2, 0.25) is 0 Å². The van der Waals surface area contributed by atoms with E-state index in [1.54, 1.807) is 6.07 Å². The number of benzene rings is 1. The summed E-state index contributed by atoms with van der Waals surface area (Å²) in [4.78, 5) is 12.3. The molecule has 2 aromatic rings. The lowest BCUT2D eigenvalue weighted by Crippen LogP contribution is -2.45. The minimum Gasteiger partial charge on any atom is -0.312 e. The van der Waals surface area contributed by atoms with Crippen molar-refractivity contribution in [3.8, 4) is 0 Å². The van der Waals surface area contributed by atoms with Gasteiger partial charge in [-0.05, 0) is 35.9 Å². The van der Waals surface area contributed by atoms with Crippen LogP contribution >= 0.6 is 0 Å². The van der Waals surface area contributed by atoms with Crippen LogP contribution in [0.4, 0.5) is 0 Å². The van der Waals surface area contributed by atoms with Gasteiger partial charge in [-0.15, -0.1) is 0 Å². The first-order valence-electron chi connectivity index (χ1n) is 7.75. The van der Waals surface area contributed by atoms with Crippen molar-refractivity contribution in [1.82, 2.24) is 9.88 Å². The molecular formula is C18H26N2O. The van der Waals surface area contributed by atoms with Crippen molar-refractivity contribution >= 4 is 10.9 Å². The molecule has 1 aromatic carbocycles. The highest BCUT2D eigenvalue weighted by Gasteiger charge is 2.25. The van der Waals surface area contributed by atoms with E-state index in [1.165, 1.54) is 0 Å². The van der Waals surface area contributed by atoms with E-state index in [9.17, 15) is 4.79 Å². The van der Waals surface area contributed by atoms with E-state index in [0.29, 0.717) is 6.54 Å². The molecule has 2 rings (SSSR count). The maximum absolute atomic E-state index is 12.3. The smallest absolute Gasteiger partial charge is 0.251 e. The Morgan fingerprint density at radius 1 is 1.14 bits per heavy atom. The molecule has 114 valence electrons. The second-order valence-corrected chi connectivity index (χ2v) is 6.71. The first-order chi connectivity index (χ1) is 9.93. The molecule has 21 heavy (non-hydrogen) atoms. The molecule has 0 spiro atoms. The minimum absolute atomic E-state index is 0.0706. The van der Waals surface area contributed by atoms with Crippen LogP contribution in [0.1, 0.15) is 34.1 Å². The van der Waals surface area contributed by atoms with Crippen molar-refractivity contribution in [3.63, 3.8) is 0 Å². The molecule has 0 bridgehead atoms. The van der Waals surface area contributed by atoms with Crippen LogP contribution in [0.5, 0.6) is 0 Å². The summed E-state index contributed by atoms with van der Waals surface area (Å²) in [6, 6.07) is 11.9. The molecule has 0 fully saturated rings. The molecule has 0 radical (unpaired) electrons. The molecule has 1 heterocycles. The van der Waals surface area contributed by atoms with Gasteiger partial charge >= 0.3 is 0 Å². The molecular weight excluding hydrogens is 260 g/mol. The van der Waals surface area contributed by atoms with Crippen molar-refractivity contribution < 1.29 is 0 Å². The minimum atomic E-state index is 0.0706. The van der Waals surface area contributed by atoms with Gasteiger partial charge < -0.3 is 9.88 Å². The van der Waals surface area contributed by atoms with Gasteiger partial charge in [0.15, 0.2) is 0 Å². The number of fused-ring (bicyclic) bond motifs is 1. The Balaban J connectivity index is 2.40. The number of pyridine rings is 1. The molecule has 3 nitrogen and oxygen atoms in total. The molecule has 1 atom stereocenters. The van der Waals surface area contributed by atoms with Gasteiger partial charge in [0.25, 0.3) is 5.56 Å². The lowest BCUT2D eigenvalue weighted by atomic mass is 9.86. The summed E-state index contributed by atoms with van der Waals surface area (Å²) in [5, 5.41) is 4.70. The molecule has 0 amide bonds. The number of aromatic nitrogens is 1. The Labute approximate surface area is 127 Å². The van der Waals surface area contributed by atoms with E-state index < -0.39 is 0 Å². The van der Waals surface area contributed by atoms with Gasteiger partial charge in [0.1, 0.15) is 0 Å². The van der Waals surface area contributed by atoms with Gasteiger partial charge in [-0.2, -0.15) is 0 Å². The third kappa shape index (κ3) is 3.73. The Bertz CT molecular complexity index is 652. The highest BCUT2D eigenvalue weighted by atomic mass is 16.1. The second-order valence-electron chi connectivity index (χ2n) is 6.71. The molecule has 1 N–H and O–H groups in total. The van der Waals surface area contributed by atoms with E-state index in [0.717, 1.165) is 23.9 Å². The van der Waals surface area contributed by atoms with Crippen molar-refractivity contribution in [2.75, 3.05) is 6.54 Å². The van der Waals surface area contributed by atoms with E-state index >= 15 is 0 Å². The van der Waals surface area contributed by atoms with Crippen molar-refractivity contribution in [2.24, 2.45) is 5.41 Å². The zero-order chi connectivity index (χ0) is 15.5. The van der Waals surface area contributed by atoms with Crippen LogP contribution in [0.15, 0.2) is 41.2 Å². The zero-order valence-corrected chi connectivity index (χ0v) is 13.5. The molecule has 1 unspecified atom stereocenters. The van der Waals surface area contributed by atoms with E-state index in [-0.39, 0.29) is 17.0 Å². The van der Waals surface area contributed by atoms with Gasteiger partial charge in [0, 0.05) is 18.7 Å². The summed E-state index contributed by atoms with van der Waals surface area (Å²) < 4.78 is 1.90. The maximum Gasteiger partial charge on any atom is 0.251 e. The van der Waals surface area contributed by atoms with Crippen LogP contribution in [-0.2, 0) is 6.54 Å². The van der Waals surface area contributed by atoms with E-state index in [1.807, 2.05) is 28.8 Å². The van der Waals surface area contributed by atoms with E-state index in [4.69, 9.17) is 0 Å². The lowest BCUT2D eigenvalue weighted by Gasteiger charge is -2.32. The normalized spacial score (nSPS) is 13.5. The number of nitrogens with one attached hydrogen (secondary N) is 1. The van der Waals surface area contributed by atoms with Crippen molar-refractivity contribution in [1.29, 1.82) is 0 Å². The molecule has 0 saturated carbocycles. The first-order valence-corrected chi connectivity index (χ1v) is 7.75. The lowest BCUT2D eigenvalue weighted by molar-refractivity contribution is 0.243. The Kier molecular flexibility index (Phi) is 4.84. The first kappa shape index (κ1) is 15.8. The summed E-state index contributed by atoms with van der Waals surface area (Å²) >= 11 is 0. The SMILES string of the molecule is CCCNC(Cn1c(=O)ccc2ccccc21)C(C)(C)C. The zero-order valence-electron chi connectivity index (χ0n) is 13.5. The Hall–Kier alpha value is -1.61. The number of nitrogens with zero attached hydrogens (tertiary/aromatic N) is 1. The van der Waals surface area contributed by atoms with Crippen LogP contribution in [0, 0.1) is 5.41 Å². The van der Waals surface area contributed by atoms with Crippen LogP contribution in [0.3, 0.4) is 0 Å². The predicted molar refractivity (Wildman–Crippen MR) is 89.7 cm³/mol. The van der Waals surface area contributed by atoms with Gasteiger partial charge in [-0.25, -0.2) is 0 Å². The number of hydrogen-bond acceptors (Lipinski definition) is 2. The number of para-hydroxylation sites is 1. The molecule has 0 aliphatic carbocycles. The largest absolute Gasteiger partial charge is 0.312 e. The third-order valence-electron chi connectivity index (χ3n) is 3.95. The molecule has 0 aliphatic heterocycles. The summed E-state index contributed by atoms with van der Waals surface area (Å²) in [7, 11) is 0. The van der Waals surface area contributed by atoms with E-state index in [2.05, 4.69) is 39.1 Å². The fourth-order valence-electron chi connectivity index (χ4n) is 2.58. The number of hydrogen-bond donors (Lipinski definition) is 1. The maximum atomic E-state index is 12.3. The number of rotatable bonds is 5. The molecule has 3 heteroatoms. The molecule has 0 aliphatic rings. The monoisotopic (exact) mass is 286 g/mol. The van der Waals surface area contributed by atoms with Gasteiger partial charge in [0.05, 0.1) is 5.52 Å². The highest BCUT2D eigenvalue weighted by Crippen LogP contribution is 2.22. The fourth-order valence-corrected chi connectivity index (χ4v) is 2.58. The van der Waals surface area contributed by atoms with Crippen molar-refractivity contribution in [2.45, 2.75) is 46.7 Å². The summed E-state index contributed by atoms with van der Waals surface area (Å²) in [6.45, 7) is 10.5. The summed E-state index contributed by atoms with van der Waals surface area (Å²) in [6.07, 6.45) is 1.09. The third-order valence-corrected chi connectivity index (χ3v) is 3.95. The average Bonchev–Trinajstić information content (AvgIpc) is 2.44. The van der Waals surface area contributed by atoms with Crippen LogP contribution in [0.25, 0.3) is 10.9 Å². The Morgan fingerprint density at radius 2 is 1.86 bits per heavy atom. The molecule has 1 aromatic heterocycles. The Morgan fingerprint density at radius 3 is 2.52 bits per heavy atom. The van der Waals surface area contributed by atoms with Crippen LogP contribution < -0.4 is 10.9 Å². The summed E-state index contributed by atoms with van der Waals surface area (Å²) in [5.41, 5.74) is 1.18. The quantitative estimate of drug-likeness (QED) is 0.914. The second kappa shape index (κ2) is 6.44. The van der Waals surface area contributed by atoms with Gasteiger partial charge in [0.2, 0.25) is 0 Å². The summed E-state index contributed by atoms with van der Waals surface area (Å²) in [5.74, 6) is 0. The standard InChI is InChI=1S/C18H26N2O/c1-5-12-19-16(18(2,3)4)13-20-15-9-7-6-8-14(15)10-11-17(20)21/h6-11,16,19H,5,12-13H2,1-4H3. The van der Waals surface area contributed by atoms with Gasteiger partial charge in [-0.1, -0.05) is 45.9 Å². The fraction of sp³-hybridized carbons (Fsp3) is 0.500. The van der Waals surface area contributed by atoms with Crippen LogP contribution in [-0.4, -0.2) is 17.2 Å².